The van der Waals surface area contributed by atoms with E-state index < -0.39 is 38.7 Å². The fourth-order valence-electron chi connectivity index (χ4n) is 2.71. The van der Waals surface area contributed by atoms with E-state index in [9.17, 15) is 22.3 Å². The van der Waals surface area contributed by atoms with Crippen molar-refractivity contribution < 1.29 is 26.8 Å². The molecule has 1 fully saturated rings. The normalized spacial score (nSPS) is 21.4. The van der Waals surface area contributed by atoms with E-state index in [0.29, 0.717) is 12.1 Å². The van der Waals surface area contributed by atoms with Crippen LogP contribution in [0.3, 0.4) is 0 Å². The van der Waals surface area contributed by atoms with Crippen LogP contribution in [0.5, 0.6) is 0 Å². The Morgan fingerprint density at radius 2 is 2.04 bits per heavy atom. The van der Waals surface area contributed by atoms with Gasteiger partial charge in [-0.3, -0.25) is 0 Å². The topological polar surface area (TPSA) is 120 Å². The third-order valence-electron chi connectivity index (χ3n) is 3.76. The molecule has 2 heterocycles. The van der Waals surface area contributed by atoms with E-state index in [1.165, 1.54) is 13.0 Å². The van der Waals surface area contributed by atoms with E-state index in [0.717, 1.165) is 4.31 Å². The molecule has 0 saturated carbocycles. The second-order valence-electron chi connectivity index (χ2n) is 5.54. The zero-order valence-electron chi connectivity index (χ0n) is 12.8. The molecule has 2 aromatic rings. The van der Waals surface area contributed by atoms with E-state index >= 15 is 0 Å². The third kappa shape index (κ3) is 2.99. The van der Waals surface area contributed by atoms with E-state index in [4.69, 9.17) is 9.78 Å². The summed E-state index contributed by atoms with van der Waals surface area (Å²) >= 11 is 0. The quantitative estimate of drug-likeness (QED) is 0.856. The lowest BCUT2D eigenvalue weighted by Crippen LogP contribution is -2.33. The summed E-state index contributed by atoms with van der Waals surface area (Å²) in [4.78, 5) is 2.74. The maximum atomic E-state index is 14.2. The van der Waals surface area contributed by atoms with Gasteiger partial charge in [-0.25, -0.2) is 17.2 Å². The summed E-state index contributed by atoms with van der Waals surface area (Å²) in [7, 11) is -4.66. The summed E-state index contributed by atoms with van der Waals surface area (Å²) in [6.07, 6.45) is -1.11. The summed E-state index contributed by atoms with van der Waals surface area (Å²) in [5.41, 5.74) is -0.348. The molecule has 25 heavy (non-hydrogen) atoms. The van der Waals surface area contributed by atoms with Gasteiger partial charge < -0.3 is 9.63 Å². The number of nitriles is 1. The molecule has 0 bridgehead atoms. The summed E-state index contributed by atoms with van der Waals surface area (Å²) in [6.45, 7) is 1.14. The zero-order valence-corrected chi connectivity index (χ0v) is 13.7. The molecule has 2 atom stereocenters. The van der Waals surface area contributed by atoms with E-state index in [1.54, 1.807) is 0 Å². The van der Waals surface area contributed by atoms with Crippen molar-refractivity contribution in [3.05, 3.63) is 41.0 Å². The van der Waals surface area contributed by atoms with Gasteiger partial charge in [0.1, 0.15) is 17.7 Å². The first kappa shape index (κ1) is 17.4. The van der Waals surface area contributed by atoms with Crippen LogP contribution >= 0.6 is 0 Å². The highest BCUT2D eigenvalue weighted by molar-refractivity contribution is 7.89. The van der Waals surface area contributed by atoms with Crippen LogP contribution in [0.25, 0.3) is 0 Å². The number of halogens is 2. The van der Waals surface area contributed by atoms with Crippen LogP contribution in [0.1, 0.15) is 29.7 Å². The standard InChI is InChI=1S/C14H12F2N4O4S/c1-7-18-14(24-19-7)12-4-9(21)6-20(12)25(22,23)13-10(15)2-8(5-17)3-11(13)16/h2-3,9,12,21H,4,6H2,1H3/t9-,12+/m0/s1. The highest BCUT2D eigenvalue weighted by Gasteiger charge is 2.45. The fourth-order valence-corrected chi connectivity index (χ4v) is 4.44. The number of rotatable bonds is 3. The Morgan fingerprint density at radius 3 is 2.56 bits per heavy atom. The predicted octanol–water partition coefficient (Wildman–Crippen LogP) is 1.02. The van der Waals surface area contributed by atoms with Crippen molar-refractivity contribution in [2.24, 2.45) is 0 Å². The molecule has 1 aliphatic rings. The van der Waals surface area contributed by atoms with Crippen molar-refractivity contribution in [3.63, 3.8) is 0 Å². The number of hydrogen-bond donors (Lipinski definition) is 1. The van der Waals surface area contributed by atoms with Crippen molar-refractivity contribution in [1.29, 1.82) is 5.26 Å². The second-order valence-corrected chi connectivity index (χ2v) is 7.37. The minimum atomic E-state index is -4.66. The van der Waals surface area contributed by atoms with Crippen LogP contribution in [0.15, 0.2) is 21.6 Å². The number of benzene rings is 1. The lowest BCUT2D eigenvalue weighted by molar-refractivity contribution is 0.188. The molecule has 1 N–H and O–H groups in total. The van der Waals surface area contributed by atoms with Gasteiger partial charge in [0.25, 0.3) is 0 Å². The molecule has 0 spiro atoms. The van der Waals surface area contributed by atoms with Gasteiger partial charge in [-0.05, 0) is 19.1 Å². The number of aryl methyl sites for hydroxylation is 1. The molecule has 1 aliphatic heterocycles. The van der Waals surface area contributed by atoms with Crippen LogP contribution in [0.4, 0.5) is 8.78 Å². The summed E-state index contributed by atoms with van der Waals surface area (Å²) in [5, 5.41) is 22.1. The van der Waals surface area contributed by atoms with Crippen molar-refractivity contribution in [1.82, 2.24) is 14.4 Å². The Hall–Kier alpha value is -2.42. The van der Waals surface area contributed by atoms with Gasteiger partial charge in [0.15, 0.2) is 10.7 Å². The van der Waals surface area contributed by atoms with E-state index in [2.05, 4.69) is 10.1 Å². The van der Waals surface area contributed by atoms with E-state index in [-0.39, 0.29) is 30.2 Å². The molecule has 0 unspecified atom stereocenters. The number of aromatic nitrogens is 2. The molecule has 132 valence electrons. The summed E-state index contributed by atoms with van der Waals surface area (Å²) in [6, 6.07) is 1.76. The first-order chi connectivity index (χ1) is 11.7. The van der Waals surface area contributed by atoms with Crippen molar-refractivity contribution in [2.75, 3.05) is 6.54 Å². The van der Waals surface area contributed by atoms with Crippen LogP contribution < -0.4 is 0 Å². The molecule has 3 rings (SSSR count). The van der Waals surface area contributed by atoms with Gasteiger partial charge >= 0.3 is 0 Å². The summed E-state index contributed by atoms with van der Waals surface area (Å²) < 4.78 is 59.5. The number of β-amino-alcohol motifs (C(OH)–C–C–N with tert-alkyl or cyclic N) is 1. The van der Waals surface area contributed by atoms with Crippen LogP contribution in [0, 0.1) is 29.9 Å². The Morgan fingerprint density at radius 1 is 1.40 bits per heavy atom. The lowest BCUT2D eigenvalue weighted by Gasteiger charge is -2.21. The largest absolute Gasteiger partial charge is 0.392 e. The van der Waals surface area contributed by atoms with Gasteiger partial charge in [-0.15, -0.1) is 0 Å². The molecular weight excluding hydrogens is 358 g/mol. The van der Waals surface area contributed by atoms with Gasteiger partial charge in [-0.2, -0.15) is 14.6 Å². The van der Waals surface area contributed by atoms with Crippen LogP contribution in [0.2, 0.25) is 0 Å². The molecule has 0 aliphatic carbocycles. The zero-order chi connectivity index (χ0) is 18.4. The molecule has 1 saturated heterocycles. The monoisotopic (exact) mass is 370 g/mol. The molecule has 0 radical (unpaired) electrons. The first-order valence-electron chi connectivity index (χ1n) is 7.13. The molecular formula is C14H12F2N4O4S. The molecule has 8 nitrogen and oxygen atoms in total. The number of hydrogen-bond acceptors (Lipinski definition) is 7. The minimum absolute atomic E-state index is 0.0552. The molecule has 11 heteroatoms. The Balaban J connectivity index is 2.09. The average molecular weight is 370 g/mol. The lowest BCUT2D eigenvalue weighted by atomic mass is 10.2. The molecule has 1 aromatic carbocycles. The van der Waals surface area contributed by atoms with Gasteiger partial charge in [0.2, 0.25) is 15.9 Å². The van der Waals surface area contributed by atoms with Gasteiger partial charge in [-0.1, -0.05) is 5.16 Å². The number of nitrogens with zero attached hydrogens (tertiary/aromatic N) is 4. The van der Waals surface area contributed by atoms with Gasteiger partial charge in [0, 0.05) is 13.0 Å². The Bertz CT molecular complexity index is 946. The fraction of sp³-hybridized carbons (Fsp3) is 0.357. The number of aliphatic hydroxyl groups excluding tert-OH is 1. The van der Waals surface area contributed by atoms with Crippen LogP contribution in [-0.4, -0.2) is 40.6 Å². The van der Waals surface area contributed by atoms with Crippen LogP contribution in [-0.2, 0) is 10.0 Å². The number of aliphatic hydroxyl groups is 1. The highest BCUT2D eigenvalue weighted by atomic mass is 32.2. The van der Waals surface area contributed by atoms with E-state index in [1.807, 2.05) is 0 Å². The SMILES string of the molecule is Cc1noc([C@H]2C[C@H](O)CN2S(=O)(=O)c2c(F)cc(C#N)cc2F)n1. The Labute approximate surface area is 141 Å². The highest BCUT2D eigenvalue weighted by Crippen LogP contribution is 2.37. The third-order valence-corrected chi connectivity index (χ3v) is 5.68. The summed E-state index contributed by atoms with van der Waals surface area (Å²) in [5.74, 6) is -2.60. The Kier molecular flexibility index (Phi) is 4.28. The maximum Gasteiger partial charge on any atom is 0.249 e. The van der Waals surface area contributed by atoms with Crippen molar-refractivity contribution in [3.8, 4) is 6.07 Å². The maximum absolute atomic E-state index is 14.2. The minimum Gasteiger partial charge on any atom is -0.392 e. The number of sulfonamides is 1. The van der Waals surface area contributed by atoms with Crippen molar-refractivity contribution >= 4 is 10.0 Å². The first-order valence-corrected chi connectivity index (χ1v) is 8.57. The molecule has 1 aromatic heterocycles. The van der Waals surface area contributed by atoms with Crippen molar-refractivity contribution in [2.45, 2.75) is 30.4 Å². The predicted molar refractivity (Wildman–Crippen MR) is 77.4 cm³/mol. The second kappa shape index (κ2) is 6.14. The molecule has 0 amide bonds. The van der Waals surface area contributed by atoms with Gasteiger partial charge in [0.05, 0.1) is 17.7 Å². The average Bonchev–Trinajstić information content (AvgIpc) is 3.12. The smallest absolute Gasteiger partial charge is 0.249 e.